The normalized spacial score (nSPS) is 15.0. The van der Waals surface area contributed by atoms with Gasteiger partial charge in [0.25, 0.3) is 5.91 Å². The van der Waals surface area contributed by atoms with E-state index < -0.39 is 10.0 Å². The molecule has 0 saturated carbocycles. The highest BCUT2D eigenvalue weighted by Crippen LogP contribution is 2.24. The van der Waals surface area contributed by atoms with Crippen molar-refractivity contribution in [3.05, 3.63) is 83.2 Å². The largest absolute Gasteiger partial charge is 0.333 e. The number of fused-ring (bicyclic) bond motifs is 1. The van der Waals surface area contributed by atoms with Crippen LogP contribution in [-0.2, 0) is 23.0 Å². The molecule has 1 unspecified atom stereocenters. The Balaban J connectivity index is 1.51. The molecule has 8 heteroatoms. The van der Waals surface area contributed by atoms with E-state index >= 15 is 0 Å². The van der Waals surface area contributed by atoms with Crippen LogP contribution in [0.3, 0.4) is 0 Å². The minimum atomic E-state index is -3.65. The standard InChI is InChI=1S/C21H22N4O3S/c1-15(16-5-3-2-4-6-16)24-29(27,28)19-8-7-18-14-25(12-10-17(18)13-19)21(26)20-9-11-22-23-20/h2-9,11,13,15,24H,10,12,14H2,1H3,(H,22,23). The molecule has 1 aliphatic rings. The van der Waals surface area contributed by atoms with Gasteiger partial charge in [-0.2, -0.15) is 5.10 Å². The monoisotopic (exact) mass is 410 g/mol. The first-order valence-corrected chi connectivity index (χ1v) is 10.9. The second kappa shape index (κ2) is 7.81. The van der Waals surface area contributed by atoms with Gasteiger partial charge in [-0.15, -0.1) is 0 Å². The van der Waals surface area contributed by atoms with Crippen molar-refractivity contribution in [2.24, 2.45) is 0 Å². The number of aromatic nitrogens is 2. The van der Waals surface area contributed by atoms with Crippen LogP contribution < -0.4 is 4.72 Å². The number of sulfonamides is 1. The minimum absolute atomic E-state index is 0.108. The molecule has 1 atom stereocenters. The number of aromatic amines is 1. The first-order chi connectivity index (χ1) is 13.9. The Morgan fingerprint density at radius 2 is 1.93 bits per heavy atom. The van der Waals surface area contributed by atoms with Gasteiger partial charge in [0, 0.05) is 25.3 Å². The lowest BCUT2D eigenvalue weighted by molar-refractivity contribution is 0.0728. The van der Waals surface area contributed by atoms with Crippen molar-refractivity contribution in [2.45, 2.75) is 30.8 Å². The van der Waals surface area contributed by atoms with E-state index in [9.17, 15) is 13.2 Å². The van der Waals surface area contributed by atoms with Crippen molar-refractivity contribution in [1.29, 1.82) is 0 Å². The SMILES string of the molecule is CC(NS(=O)(=O)c1ccc2c(c1)CCN(C(=O)c1ccn[nH]1)C2)c1ccccc1. The van der Waals surface area contributed by atoms with E-state index in [-0.39, 0.29) is 16.8 Å². The lowest BCUT2D eigenvalue weighted by Gasteiger charge is -2.29. The van der Waals surface area contributed by atoms with Crippen LogP contribution >= 0.6 is 0 Å². The summed E-state index contributed by atoms with van der Waals surface area (Å²) in [6.07, 6.45) is 2.15. The zero-order valence-corrected chi connectivity index (χ0v) is 16.8. The van der Waals surface area contributed by atoms with Crippen molar-refractivity contribution in [3.63, 3.8) is 0 Å². The van der Waals surface area contributed by atoms with E-state index in [1.165, 1.54) is 0 Å². The molecule has 4 rings (SSSR count). The van der Waals surface area contributed by atoms with Crippen molar-refractivity contribution < 1.29 is 13.2 Å². The van der Waals surface area contributed by atoms with E-state index in [1.54, 1.807) is 35.4 Å². The summed E-state index contributed by atoms with van der Waals surface area (Å²) in [6, 6.07) is 15.9. The van der Waals surface area contributed by atoms with Gasteiger partial charge in [-0.1, -0.05) is 36.4 Å². The molecule has 7 nitrogen and oxygen atoms in total. The number of amides is 1. The van der Waals surface area contributed by atoms with Crippen LogP contribution in [0.25, 0.3) is 0 Å². The maximum atomic E-state index is 12.8. The molecule has 2 N–H and O–H groups in total. The Kier molecular flexibility index (Phi) is 5.21. The molecule has 0 bridgehead atoms. The van der Waals surface area contributed by atoms with Gasteiger partial charge in [0.15, 0.2) is 0 Å². The molecule has 0 radical (unpaired) electrons. The molecule has 0 aliphatic carbocycles. The summed E-state index contributed by atoms with van der Waals surface area (Å²) in [5.41, 5.74) is 3.27. The third-order valence-electron chi connectivity index (χ3n) is 5.15. The fourth-order valence-corrected chi connectivity index (χ4v) is 4.81. The lowest BCUT2D eigenvalue weighted by Crippen LogP contribution is -2.36. The summed E-state index contributed by atoms with van der Waals surface area (Å²) in [4.78, 5) is 14.5. The summed E-state index contributed by atoms with van der Waals surface area (Å²) >= 11 is 0. The van der Waals surface area contributed by atoms with Crippen LogP contribution in [0.2, 0.25) is 0 Å². The number of rotatable bonds is 5. The minimum Gasteiger partial charge on any atom is -0.333 e. The van der Waals surface area contributed by atoms with Gasteiger partial charge in [0.2, 0.25) is 10.0 Å². The number of nitrogens with one attached hydrogen (secondary N) is 2. The van der Waals surface area contributed by atoms with Gasteiger partial charge < -0.3 is 4.90 Å². The summed E-state index contributed by atoms with van der Waals surface area (Å²) in [5, 5.41) is 6.51. The van der Waals surface area contributed by atoms with Gasteiger partial charge >= 0.3 is 0 Å². The maximum Gasteiger partial charge on any atom is 0.272 e. The molecule has 150 valence electrons. The highest BCUT2D eigenvalue weighted by molar-refractivity contribution is 7.89. The van der Waals surface area contributed by atoms with Crippen LogP contribution in [0.15, 0.2) is 65.7 Å². The number of benzene rings is 2. The lowest BCUT2D eigenvalue weighted by atomic mass is 9.99. The number of hydrogen-bond donors (Lipinski definition) is 2. The summed E-state index contributed by atoms with van der Waals surface area (Å²) in [5.74, 6) is -0.108. The van der Waals surface area contributed by atoms with Crippen molar-refractivity contribution in [2.75, 3.05) is 6.54 Å². The average molecular weight is 410 g/mol. The van der Waals surface area contributed by atoms with Gasteiger partial charge in [0.05, 0.1) is 4.90 Å². The van der Waals surface area contributed by atoms with E-state index in [1.807, 2.05) is 37.3 Å². The molecule has 1 amide bonds. The number of hydrogen-bond acceptors (Lipinski definition) is 4. The third-order valence-corrected chi connectivity index (χ3v) is 6.69. The number of carbonyl (C=O) groups is 1. The maximum absolute atomic E-state index is 12.8. The summed E-state index contributed by atoms with van der Waals surface area (Å²) < 4.78 is 28.4. The highest BCUT2D eigenvalue weighted by atomic mass is 32.2. The Hall–Kier alpha value is -2.97. The summed E-state index contributed by atoms with van der Waals surface area (Å²) in [7, 11) is -3.65. The Morgan fingerprint density at radius 1 is 1.14 bits per heavy atom. The predicted octanol–water partition coefficient (Wildman–Crippen LogP) is 2.65. The van der Waals surface area contributed by atoms with Gasteiger partial charge in [-0.3, -0.25) is 9.89 Å². The fourth-order valence-electron chi connectivity index (χ4n) is 3.53. The van der Waals surface area contributed by atoms with Gasteiger partial charge in [-0.25, -0.2) is 13.1 Å². The van der Waals surface area contributed by atoms with Crippen LogP contribution in [-0.4, -0.2) is 36.0 Å². The summed E-state index contributed by atoms with van der Waals surface area (Å²) in [6.45, 7) is 2.80. The molecule has 3 aromatic rings. The molecule has 1 aliphatic heterocycles. The van der Waals surface area contributed by atoms with Crippen LogP contribution in [0.1, 0.15) is 40.1 Å². The topological polar surface area (TPSA) is 95.2 Å². The van der Waals surface area contributed by atoms with Crippen LogP contribution in [0.5, 0.6) is 0 Å². The Bertz CT molecular complexity index is 1110. The van der Waals surface area contributed by atoms with Crippen molar-refractivity contribution >= 4 is 15.9 Å². The molecule has 0 fully saturated rings. The second-order valence-electron chi connectivity index (χ2n) is 7.13. The third kappa shape index (κ3) is 4.08. The fraction of sp³-hybridized carbons (Fsp3) is 0.238. The quantitative estimate of drug-likeness (QED) is 0.676. The van der Waals surface area contributed by atoms with E-state index in [2.05, 4.69) is 14.9 Å². The number of carbonyl (C=O) groups excluding carboxylic acids is 1. The van der Waals surface area contributed by atoms with Gasteiger partial charge in [-0.05, 0) is 48.2 Å². The molecular formula is C21H22N4O3S. The van der Waals surface area contributed by atoms with E-state index in [0.29, 0.717) is 25.2 Å². The van der Waals surface area contributed by atoms with Crippen LogP contribution in [0, 0.1) is 0 Å². The van der Waals surface area contributed by atoms with Crippen molar-refractivity contribution in [3.8, 4) is 0 Å². The zero-order valence-electron chi connectivity index (χ0n) is 16.0. The van der Waals surface area contributed by atoms with Crippen molar-refractivity contribution in [1.82, 2.24) is 19.8 Å². The molecular weight excluding hydrogens is 388 g/mol. The molecule has 1 aromatic heterocycles. The number of nitrogens with zero attached hydrogens (tertiary/aromatic N) is 2. The first-order valence-electron chi connectivity index (χ1n) is 9.42. The highest BCUT2D eigenvalue weighted by Gasteiger charge is 2.25. The van der Waals surface area contributed by atoms with Crippen LogP contribution in [0.4, 0.5) is 0 Å². The van der Waals surface area contributed by atoms with Gasteiger partial charge in [0.1, 0.15) is 5.69 Å². The molecule has 2 heterocycles. The first kappa shape index (κ1) is 19.4. The molecule has 0 spiro atoms. The number of H-pyrrole nitrogens is 1. The Morgan fingerprint density at radius 3 is 2.66 bits per heavy atom. The average Bonchev–Trinajstić information content (AvgIpc) is 3.27. The predicted molar refractivity (Wildman–Crippen MR) is 109 cm³/mol. The smallest absolute Gasteiger partial charge is 0.272 e. The Labute approximate surface area is 169 Å². The molecule has 0 saturated heterocycles. The molecule has 2 aromatic carbocycles. The van der Waals surface area contributed by atoms with E-state index in [0.717, 1.165) is 16.7 Å². The second-order valence-corrected chi connectivity index (χ2v) is 8.85. The molecule has 29 heavy (non-hydrogen) atoms. The zero-order chi connectivity index (χ0) is 20.4. The van der Waals surface area contributed by atoms with E-state index in [4.69, 9.17) is 0 Å².